The monoisotopic (exact) mass is 516 g/mol. The van der Waals surface area contributed by atoms with E-state index in [1.165, 1.54) is 17.4 Å². The summed E-state index contributed by atoms with van der Waals surface area (Å²) in [5.74, 6) is 0.902. The average Bonchev–Trinajstić information content (AvgIpc) is 3.56. The Bertz CT molecular complexity index is 1360. The first-order valence-electron chi connectivity index (χ1n) is 11.9. The topological polar surface area (TPSA) is 102 Å². The quantitative estimate of drug-likeness (QED) is 0.184. The first-order valence-corrected chi connectivity index (χ1v) is 12.8. The lowest BCUT2D eigenvalue weighted by atomic mass is 10.1. The number of carboxylic acids is 1. The molecule has 0 amide bonds. The molecule has 1 atom stereocenters. The summed E-state index contributed by atoms with van der Waals surface area (Å²) in [5.41, 5.74) is 3.71. The van der Waals surface area contributed by atoms with Crippen molar-refractivity contribution in [2.75, 3.05) is 6.61 Å². The van der Waals surface area contributed by atoms with Gasteiger partial charge in [-0.1, -0.05) is 30.3 Å². The molecule has 2 aromatic heterocycles. The Morgan fingerprint density at radius 3 is 2.57 bits per heavy atom. The molecule has 0 saturated carbocycles. The predicted octanol–water partition coefficient (Wildman–Crippen LogP) is 5.71. The number of nitrogens with one attached hydrogen (secondary N) is 1. The molecular formula is C29H28N2O5S. The van der Waals surface area contributed by atoms with Crippen LogP contribution in [0.15, 0.2) is 87.6 Å². The van der Waals surface area contributed by atoms with Crippen LogP contribution in [0, 0.1) is 6.92 Å². The molecule has 0 aliphatic heterocycles. The van der Waals surface area contributed by atoms with Crippen LogP contribution in [-0.2, 0) is 17.6 Å². The zero-order chi connectivity index (χ0) is 26.2. The third-order valence-corrected chi connectivity index (χ3v) is 6.42. The number of carbonyl (C=O) groups excluding carboxylic acids is 1. The van der Waals surface area contributed by atoms with E-state index >= 15 is 0 Å². The van der Waals surface area contributed by atoms with E-state index in [2.05, 4.69) is 10.3 Å². The Kier molecular flexibility index (Phi) is 8.53. The molecule has 0 radical (unpaired) electrons. The molecule has 2 aromatic carbocycles. The number of ether oxygens (including phenoxy) is 1. The highest BCUT2D eigenvalue weighted by Crippen LogP contribution is 2.22. The number of aliphatic carboxylic acids is 1. The Hall–Kier alpha value is -4.17. The maximum atomic E-state index is 12.2. The summed E-state index contributed by atoms with van der Waals surface area (Å²) in [6.07, 6.45) is 2.28. The number of thiophene rings is 1. The third kappa shape index (κ3) is 7.17. The van der Waals surface area contributed by atoms with Crippen LogP contribution < -0.4 is 10.1 Å². The molecule has 0 unspecified atom stereocenters. The fraction of sp³-hybridized carbons (Fsp3) is 0.207. The molecule has 7 nitrogen and oxygen atoms in total. The molecule has 0 aliphatic rings. The van der Waals surface area contributed by atoms with Crippen molar-refractivity contribution >= 4 is 23.1 Å². The van der Waals surface area contributed by atoms with Crippen molar-refractivity contribution in [2.24, 2.45) is 0 Å². The van der Waals surface area contributed by atoms with Crippen molar-refractivity contribution in [3.63, 3.8) is 0 Å². The molecule has 4 rings (SSSR count). The van der Waals surface area contributed by atoms with E-state index in [4.69, 9.17) is 9.15 Å². The van der Waals surface area contributed by atoms with Crippen LogP contribution in [-0.4, -0.2) is 34.5 Å². The molecule has 0 fully saturated rings. The van der Waals surface area contributed by atoms with Gasteiger partial charge in [-0.15, -0.1) is 0 Å². The van der Waals surface area contributed by atoms with Gasteiger partial charge in [0.05, 0.1) is 12.3 Å². The van der Waals surface area contributed by atoms with Gasteiger partial charge in [0.15, 0.2) is 5.78 Å². The van der Waals surface area contributed by atoms with Crippen LogP contribution in [0.3, 0.4) is 0 Å². The van der Waals surface area contributed by atoms with Crippen LogP contribution in [0.1, 0.15) is 34.3 Å². The highest BCUT2D eigenvalue weighted by atomic mass is 32.1. The van der Waals surface area contributed by atoms with Gasteiger partial charge in [0, 0.05) is 41.1 Å². The highest BCUT2D eigenvalue weighted by Gasteiger charge is 2.18. The van der Waals surface area contributed by atoms with Gasteiger partial charge in [0.2, 0.25) is 5.89 Å². The SMILES string of the molecule is CC(=CC(=O)c1ccsc1)N[C@@H](Cc1ccc(OCCc2nc(-c3ccccc3)oc2C)cc1)C(=O)O. The van der Waals surface area contributed by atoms with Crippen LogP contribution >= 0.6 is 11.3 Å². The summed E-state index contributed by atoms with van der Waals surface area (Å²) in [4.78, 5) is 28.6. The molecule has 0 bridgehead atoms. The number of hydrogen-bond donors (Lipinski definition) is 2. The number of carboxylic acid groups (broad SMARTS) is 1. The van der Waals surface area contributed by atoms with Crippen molar-refractivity contribution in [1.82, 2.24) is 10.3 Å². The summed E-state index contributed by atoms with van der Waals surface area (Å²) >= 11 is 1.44. The Balaban J connectivity index is 1.30. The number of oxazole rings is 1. The van der Waals surface area contributed by atoms with Gasteiger partial charge in [0.1, 0.15) is 17.6 Å². The van der Waals surface area contributed by atoms with Crippen molar-refractivity contribution in [1.29, 1.82) is 0 Å². The van der Waals surface area contributed by atoms with E-state index in [9.17, 15) is 14.7 Å². The highest BCUT2D eigenvalue weighted by molar-refractivity contribution is 7.08. The lowest BCUT2D eigenvalue weighted by Gasteiger charge is -2.16. The van der Waals surface area contributed by atoms with E-state index in [1.54, 1.807) is 18.4 Å². The molecular weight excluding hydrogens is 488 g/mol. The number of ketones is 1. The molecule has 0 spiro atoms. The summed E-state index contributed by atoms with van der Waals surface area (Å²) < 4.78 is 11.7. The number of benzene rings is 2. The van der Waals surface area contributed by atoms with Crippen LogP contribution in [0.25, 0.3) is 11.5 Å². The van der Waals surface area contributed by atoms with Crippen LogP contribution in [0.4, 0.5) is 0 Å². The van der Waals surface area contributed by atoms with E-state index in [1.807, 2.05) is 66.9 Å². The number of aromatic nitrogens is 1. The number of carbonyl (C=O) groups is 2. The number of aryl methyl sites for hydroxylation is 1. The maximum Gasteiger partial charge on any atom is 0.326 e. The third-order valence-electron chi connectivity index (χ3n) is 5.74. The molecule has 2 heterocycles. The number of allylic oxidation sites excluding steroid dienone is 2. The van der Waals surface area contributed by atoms with Crippen molar-refractivity contribution in [2.45, 2.75) is 32.7 Å². The van der Waals surface area contributed by atoms with E-state index in [0.29, 0.717) is 35.9 Å². The van der Waals surface area contributed by atoms with E-state index < -0.39 is 12.0 Å². The molecule has 2 N–H and O–H groups in total. The summed E-state index contributed by atoms with van der Waals surface area (Å²) in [6.45, 7) is 4.02. The van der Waals surface area contributed by atoms with Crippen molar-refractivity contribution < 1.29 is 23.8 Å². The summed E-state index contributed by atoms with van der Waals surface area (Å²) in [6, 6.07) is 18.0. The lowest BCUT2D eigenvalue weighted by Crippen LogP contribution is -2.37. The van der Waals surface area contributed by atoms with Crippen LogP contribution in [0.2, 0.25) is 0 Å². The fourth-order valence-corrected chi connectivity index (χ4v) is 4.43. The molecule has 0 saturated heterocycles. The van der Waals surface area contributed by atoms with Gasteiger partial charge in [-0.25, -0.2) is 9.78 Å². The number of rotatable bonds is 12. The molecule has 4 aromatic rings. The fourth-order valence-electron chi connectivity index (χ4n) is 3.79. The second kappa shape index (κ2) is 12.2. The van der Waals surface area contributed by atoms with Gasteiger partial charge < -0.3 is 19.6 Å². The van der Waals surface area contributed by atoms with Crippen molar-refractivity contribution in [3.05, 3.63) is 106 Å². The minimum absolute atomic E-state index is 0.158. The summed E-state index contributed by atoms with van der Waals surface area (Å²) in [7, 11) is 0. The maximum absolute atomic E-state index is 12.2. The molecule has 8 heteroatoms. The predicted molar refractivity (Wildman–Crippen MR) is 143 cm³/mol. The normalized spacial score (nSPS) is 12.2. The Morgan fingerprint density at radius 1 is 1.14 bits per heavy atom. The van der Waals surface area contributed by atoms with Gasteiger partial charge in [-0.05, 0) is 55.1 Å². The second-order valence-corrected chi connectivity index (χ2v) is 9.35. The van der Waals surface area contributed by atoms with Gasteiger partial charge >= 0.3 is 5.97 Å². The minimum atomic E-state index is -0.992. The first-order chi connectivity index (χ1) is 17.9. The smallest absolute Gasteiger partial charge is 0.326 e. The van der Waals surface area contributed by atoms with Crippen LogP contribution in [0.5, 0.6) is 5.75 Å². The number of hydrogen-bond acceptors (Lipinski definition) is 7. The average molecular weight is 517 g/mol. The number of nitrogens with zero attached hydrogens (tertiary/aromatic N) is 1. The lowest BCUT2D eigenvalue weighted by molar-refractivity contribution is -0.139. The minimum Gasteiger partial charge on any atom is -0.493 e. The Labute approximate surface area is 219 Å². The molecule has 0 aliphatic carbocycles. The summed E-state index contributed by atoms with van der Waals surface area (Å²) in [5, 5.41) is 16.2. The largest absolute Gasteiger partial charge is 0.493 e. The Morgan fingerprint density at radius 2 is 1.89 bits per heavy atom. The van der Waals surface area contributed by atoms with Gasteiger partial charge in [0.25, 0.3) is 0 Å². The van der Waals surface area contributed by atoms with Crippen molar-refractivity contribution in [3.8, 4) is 17.2 Å². The van der Waals surface area contributed by atoms with Gasteiger partial charge in [-0.2, -0.15) is 11.3 Å². The molecule has 37 heavy (non-hydrogen) atoms. The zero-order valence-electron chi connectivity index (χ0n) is 20.6. The van der Waals surface area contributed by atoms with Gasteiger partial charge in [-0.3, -0.25) is 4.79 Å². The second-order valence-electron chi connectivity index (χ2n) is 8.57. The van der Waals surface area contributed by atoms with E-state index in [0.717, 1.165) is 22.6 Å². The first kappa shape index (κ1) is 25.9. The van der Waals surface area contributed by atoms with E-state index in [-0.39, 0.29) is 12.2 Å². The zero-order valence-corrected chi connectivity index (χ0v) is 21.5. The molecule has 190 valence electrons. The standard InChI is InChI=1S/C29H28N2O5S/c1-19(16-27(32)23-13-15-37-18-23)30-26(29(33)34)17-21-8-10-24(11-9-21)35-14-12-25-20(2)36-28(31-25)22-6-4-3-5-7-22/h3-11,13,15-16,18,26,30H,12,14,17H2,1-2H3,(H,33,34)/t26-/m0/s1.